The lowest BCUT2D eigenvalue weighted by Gasteiger charge is -2.35. The molecule has 100 valence electrons. The zero-order valence-electron chi connectivity index (χ0n) is 11.6. The van der Waals surface area contributed by atoms with Crippen LogP contribution in [0.1, 0.15) is 31.9 Å². The molecule has 0 radical (unpaired) electrons. The lowest BCUT2D eigenvalue weighted by Crippen LogP contribution is -2.46. The minimum atomic E-state index is -0.774. The number of aliphatic carboxylic acids is 1. The average Bonchev–Trinajstić information content (AvgIpc) is 2.38. The highest BCUT2D eigenvalue weighted by Gasteiger charge is 2.20. The van der Waals surface area contributed by atoms with Crippen molar-refractivity contribution in [2.75, 3.05) is 19.6 Å². The fourth-order valence-electron chi connectivity index (χ4n) is 2.33. The Morgan fingerprint density at radius 2 is 1.44 bits per heavy atom. The van der Waals surface area contributed by atoms with Crippen molar-refractivity contribution in [1.29, 1.82) is 0 Å². The summed E-state index contributed by atoms with van der Waals surface area (Å²) in [5.74, 6) is -0.774. The van der Waals surface area contributed by atoms with E-state index in [2.05, 4.69) is 32.9 Å². The van der Waals surface area contributed by atoms with Gasteiger partial charge in [0.05, 0.1) is 26.1 Å². The molecule has 1 N–H and O–H groups in total. The molecule has 1 rings (SSSR count). The van der Waals surface area contributed by atoms with E-state index in [0.717, 1.165) is 36.2 Å². The first-order chi connectivity index (χ1) is 8.55. The Morgan fingerprint density at radius 3 is 1.83 bits per heavy atom. The van der Waals surface area contributed by atoms with Gasteiger partial charge in [-0.25, -0.2) is 0 Å². The molecule has 3 heteroatoms. The van der Waals surface area contributed by atoms with Crippen molar-refractivity contribution in [3.05, 3.63) is 35.4 Å². The predicted octanol–water partition coefficient (Wildman–Crippen LogP) is 2.69. The maximum atomic E-state index is 10.6. The molecule has 0 bridgehead atoms. The fraction of sp³-hybridized carbons (Fsp3) is 0.533. The third kappa shape index (κ3) is 3.84. The molecule has 0 saturated heterocycles. The number of nitrogens with zero attached hydrogens (tertiary/aromatic N) is 1. The summed E-state index contributed by atoms with van der Waals surface area (Å²) in [6, 6.07) is 7.98. The first-order valence-electron chi connectivity index (χ1n) is 6.70. The predicted molar refractivity (Wildman–Crippen MR) is 73.4 cm³/mol. The monoisotopic (exact) mass is 250 g/mol. The average molecular weight is 250 g/mol. The summed E-state index contributed by atoms with van der Waals surface area (Å²) in [7, 11) is 0. The van der Waals surface area contributed by atoms with Crippen LogP contribution in [0.5, 0.6) is 0 Å². The summed E-state index contributed by atoms with van der Waals surface area (Å²) in [5.41, 5.74) is 2.16. The smallest absolute Gasteiger partial charge is 0.307 e. The Kier molecular flexibility index (Phi) is 5.35. The number of hydrogen-bond donors (Lipinski definition) is 1. The minimum Gasteiger partial charge on any atom is -0.481 e. The van der Waals surface area contributed by atoms with Crippen molar-refractivity contribution >= 4 is 5.97 Å². The van der Waals surface area contributed by atoms with Crippen LogP contribution in [0, 0.1) is 0 Å². The number of carbonyl (C=O) groups is 1. The van der Waals surface area contributed by atoms with Crippen LogP contribution in [0.2, 0.25) is 0 Å². The van der Waals surface area contributed by atoms with Crippen molar-refractivity contribution in [2.24, 2.45) is 0 Å². The van der Waals surface area contributed by atoms with Gasteiger partial charge in [-0.3, -0.25) is 4.79 Å². The first-order valence-corrected chi connectivity index (χ1v) is 6.70. The van der Waals surface area contributed by atoms with Gasteiger partial charge in [-0.15, -0.1) is 0 Å². The second-order valence-electron chi connectivity index (χ2n) is 4.84. The standard InChI is InChI=1S/C15H23NO2/c1-4-16(5-2,6-3)12-14-9-7-13(8-10-14)11-15(17)18/h7-10H,4-6,11-12H2,1-3H3/p+1. The van der Waals surface area contributed by atoms with E-state index in [4.69, 9.17) is 5.11 Å². The van der Waals surface area contributed by atoms with Gasteiger partial charge in [-0.2, -0.15) is 0 Å². The molecule has 0 aliphatic heterocycles. The van der Waals surface area contributed by atoms with E-state index < -0.39 is 5.97 Å². The van der Waals surface area contributed by atoms with Crippen LogP contribution in [0.15, 0.2) is 24.3 Å². The number of rotatable bonds is 7. The molecule has 1 aromatic carbocycles. The van der Waals surface area contributed by atoms with Gasteiger partial charge in [0.1, 0.15) is 6.54 Å². The maximum absolute atomic E-state index is 10.6. The van der Waals surface area contributed by atoms with E-state index in [1.54, 1.807) is 0 Å². The zero-order chi connectivity index (χ0) is 13.6. The second-order valence-corrected chi connectivity index (χ2v) is 4.84. The molecule has 0 spiro atoms. The summed E-state index contributed by atoms with van der Waals surface area (Å²) in [6.07, 6.45) is 0.107. The third-order valence-electron chi connectivity index (χ3n) is 3.91. The topological polar surface area (TPSA) is 37.3 Å². The van der Waals surface area contributed by atoms with Crippen molar-refractivity contribution in [1.82, 2.24) is 0 Å². The summed E-state index contributed by atoms with van der Waals surface area (Å²) < 4.78 is 1.08. The Morgan fingerprint density at radius 1 is 1.00 bits per heavy atom. The van der Waals surface area contributed by atoms with E-state index in [9.17, 15) is 4.79 Å². The number of carboxylic acid groups (broad SMARTS) is 1. The molecular formula is C15H24NO2+. The molecule has 0 aliphatic carbocycles. The van der Waals surface area contributed by atoms with Crippen molar-refractivity contribution in [3.63, 3.8) is 0 Å². The molecule has 0 aromatic heterocycles. The van der Waals surface area contributed by atoms with Crippen LogP contribution in [0.3, 0.4) is 0 Å². The Labute approximate surface area is 110 Å². The zero-order valence-corrected chi connectivity index (χ0v) is 11.6. The summed E-state index contributed by atoms with van der Waals surface area (Å²) >= 11 is 0. The normalized spacial score (nSPS) is 11.5. The number of benzene rings is 1. The molecule has 0 fully saturated rings. The molecule has 0 heterocycles. The van der Waals surface area contributed by atoms with Crippen LogP contribution in [-0.2, 0) is 17.8 Å². The number of carboxylic acids is 1. The highest BCUT2D eigenvalue weighted by Crippen LogP contribution is 2.15. The Hall–Kier alpha value is -1.35. The van der Waals surface area contributed by atoms with Gasteiger partial charge in [0.2, 0.25) is 0 Å². The van der Waals surface area contributed by atoms with Crippen LogP contribution in [0.4, 0.5) is 0 Å². The van der Waals surface area contributed by atoms with Gasteiger partial charge in [0.15, 0.2) is 0 Å². The van der Waals surface area contributed by atoms with Gasteiger partial charge in [-0.05, 0) is 26.3 Å². The van der Waals surface area contributed by atoms with Gasteiger partial charge in [0, 0.05) is 5.56 Å². The van der Waals surface area contributed by atoms with E-state index >= 15 is 0 Å². The fourth-order valence-corrected chi connectivity index (χ4v) is 2.33. The number of quaternary nitrogens is 1. The molecule has 0 atom stereocenters. The van der Waals surface area contributed by atoms with E-state index in [-0.39, 0.29) is 6.42 Å². The molecule has 0 amide bonds. The lowest BCUT2D eigenvalue weighted by atomic mass is 10.1. The molecule has 1 aromatic rings. The van der Waals surface area contributed by atoms with Crippen LogP contribution >= 0.6 is 0 Å². The largest absolute Gasteiger partial charge is 0.481 e. The maximum Gasteiger partial charge on any atom is 0.307 e. The molecule has 0 aliphatic rings. The van der Waals surface area contributed by atoms with Gasteiger partial charge < -0.3 is 9.59 Å². The van der Waals surface area contributed by atoms with Gasteiger partial charge in [-0.1, -0.05) is 24.3 Å². The Bertz CT molecular complexity index is 372. The second kappa shape index (κ2) is 6.55. The molecule has 3 nitrogen and oxygen atoms in total. The van der Waals surface area contributed by atoms with E-state index in [1.165, 1.54) is 5.56 Å². The molecule has 0 unspecified atom stereocenters. The lowest BCUT2D eigenvalue weighted by molar-refractivity contribution is -0.936. The molecule has 18 heavy (non-hydrogen) atoms. The summed E-state index contributed by atoms with van der Waals surface area (Å²) in [5, 5.41) is 8.73. The molecular weight excluding hydrogens is 226 g/mol. The SMILES string of the molecule is CC[N+](CC)(CC)Cc1ccc(CC(=O)O)cc1. The van der Waals surface area contributed by atoms with Crippen molar-refractivity contribution in [2.45, 2.75) is 33.7 Å². The third-order valence-corrected chi connectivity index (χ3v) is 3.91. The van der Waals surface area contributed by atoms with E-state index in [1.807, 2.05) is 12.1 Å². The summed E-state index contributed by atoms with van der Waals surface area (Å²) in [4.78, 5) is 10.6. The first kappa shape index (κ1) is 14.7. The molecule has 0 saturated carbocycles. The van der Waals surface area contributed by atoms with Crippen LogP contribution < -0.4 is 0 Å². The van der Waals surface area contributed by atoms with Gasteiger partial charge in [0.25, 0.3) is 0 Å². The summed E-state index contributed by atoms with van der Waals surface area (Å²) in [6.45, 7) is 11.1. The van der Waals surface area contributed by atoms with E-state index in [0.29, 0.717) is 0 Å². The Balaban J connectivity index is 2.76. The highest BCUT2D eigenvalue weighted by molar-refractivity contribution is 5.70. The minimum absolute atomic E-state index is 0.107. The van der Waals surface area contributed by atoms with Crippen molar-refractivity contribution < 1.29 is 14.4 Å². The van der Waals surface area contributed by atoms with Crippen LogP contribution in [0.25, 0.3) is 0 Å². The van der Waals surface area contributed by atoms with Crippen molar-refractivity contribution in [3.8, 4) is 0 Å². The highest BCUT2D eigenvalue weighted by atomic mass is 16.4. The van der Waals surface area contributed by atoms with Crippen LogP contribution in [-0.4, -0.2) is 35.2 Å². The van der Waals surface area contributed by atoms with Gasteiger partial charge >= 0.3 is 5.97 Å². The quantitative estimate of drug-likeness (QED) is 0.755. The number of hydrogen-bond acceptors (Lipinski definition) is 1.